The van der Waals surface area contributed by atoms with Gasteiger partial charge in [0.15, 0.2) is 0 Å². The molecule has 2 rings (SSSR count). The maximum Gasteiger partial charge on any atom is 0.146 e. The second-order valence-electron chi connectivity index (χ2n) is 3.62. The summed E-state index contributed by atoms with van der Waals surface area (Å²) in [6.45, 7) is 1.92. The predicted molar refractivity (Wildman–Crippen MR) is 58.2 cm³/mol. The van der Waals surface area contributed by atoms with Crippen LogP contribution in [-0.4, -0.2) is 32.3 Å². The van der Waals surface area contributed by atoms with Gasteiger partial charge in [-0.2, -0.15) is 11.8 Å². The summed E-state index contributed by atoms with van der Waals surface area (Å²) in [5.41, 5.74) is 0. The second-order valence-corrected chi connectivity index (χ2v) is 5.03. The second kappa shape index (κ2) is 4.79. The summed E-state index contributed by atoms with van der Waals surface area (Å²) in [5, 5.41) is 12.1. The van der Waals surface area contributed by atoms with E-state index >= 15 is 0 Å². The van der Waals surface area contributed by atoms with Crippen LogP contribution in [0, 0.1) is 0 Å². The van der Waals surface area contributed by atoms with Gasteiger partial charge in [-0.15, -0.1) is 10.2 Å². The zero-order valence-electron chi connectivity index (χ0n) is 8.44. The van der Waals surface area contributed by atoms with E-state index in [1.807, 2.05) is 11.6 Å². The number of nitrogens with one attached hydrogen (secondary N) is 1. The van der Waals surface area contributed by atoms with Crippen LogP contribution in [0.15, 0.2) is 6.33 Å². The molecular weight excluding hydrogens is 196 g/mol. The lowest BCUT2D eigenvalue weighted by Gasteiger charge is -2.09. The highest BCUT2D eigenvalue weighted by atomic mass is 32.2. The minimum Gasteiger partial charge on any atom is -0.320 e. The van der Waals surface area contributed by atoms with Crippen molar-refractivity contribution in [2.24, 2.45) is 7.05 Å². The van der Waals surface area contributed by atoms with Crippen molar-refractivity contribution in [3.8, 4) is 0 Å². The van der Waals surface area contributed by atoms with Crippen LogP contribution in [0.3, 0.4) is 0 Å². The van der Waals surface area contributed by atoms with Crippen LogP contribution in [0.4, 0.5) is 0 Å². The maximum absolute atomic E-state index is 4.02. The van der Waals surface area contributed by atoms with Crippen molar-refractivity contribution in [3.63, 3.8) is 0 Å². The third kappa shape index (κ3) is 2.48. The first kappa shape index (κ1) is 9.98. The van der Waals surface area contributed by atoms with Gasteiger partial charge in [0.2, 0.25) is 0 Å². The van der Waals surface area contributed by atoms with E-state index in [2.05, 4.69) is 27.3 Å². The molecule has 1 aliphatic heterocycles. The van der Waals surface area contributed by atoms with E-state index in [9.17, 15) is 0 Å². The summed E-state index contributed by atoms with van der Waals surface area (Å²) < 4.78 is 1.95. The summed E-state index contributed by atoms with van der Waals surface area (Å²) in [6.07, 6.45) is 4.47. The summed E-state index contributed by atoms with van der Waals surface area (Å²) in [4.78, 5) is 0. The first-order chi connectivity index (χ1) is 6.86. The topological polar surface area (TPSA) is 42.7 Å². The molecule has 1 atom stereocenters. The molecule has 0 saturated carbocycles. The molecule has 0 amide bonds. The molecule has 0 bridgehead atoms. The lowest BCUT2D eigenvalue weighted by molar-refractivity contribution is 0.612. The molecule has 5 heteroatoms. The fourth-order valence-corrected chi connectivity index (χ4v) is 2.85. The quantitative estimate of drug-likeness (QED) is 0.801. The van der Waals surface area contributed by atoms with Crippen molar-refractivity contribution in [1.29, 1.82) is 0 Å². The van der Waals surface area contributed by atoms with E-state index in [1.165, 1.54) is 18.6 Å². The Bertz CT molecular complexity index is 280. The van der Waals surface area contributed by atoms with Crippen LogP contribution >= 0.6 is 11.8 Å². The highest BCUT2D eigenvalue weighted by Crippen LogP contribution is 2.25. The van der Waals surface area contributed by atoms with Crippen molar-refractivity contribution >= 4 is 11.8 Å². The molecule has 4 nitrogen and oxygen atoms in total. The van der Waals surface area contributed by atoms with Crippen LogP contribution in [0.1, 0.15) is 18.7 Å². The van der Waals surface area contributed by atoms with Gasteiger partial charge in [-0.3, -0.25) is 0 Å². The first-order valence-corrected chi connectivity index (χ1v) is 6.06. The van der Waals surface area contributed by atoms with Gasteiger partial charge in [0.25, 0.3) is 0 Å². The number of aryl methyl sites for hydroxylation is 1. The third-order valence-electron chi connectivity index (χ3n) is 2.48. The average Bonchev–Trinajstić information content (AvgIpc) is 2.78. The Morgan fingerprint density at radius 3 is 3.29 bits per heavy atom. The average molecular weight is 212 g/mol. The Hall–Kier alpha value is -0.550. The first-order valence-electron chi connectivity index (χ1n) is 5.01. The van der Waals surface area contributed by atoms with Crippen molar-refractivity contribution in [1.82, 2.24) is 20.1 Å². The molecule has 1 N–H and O–H groups in total. The Labute approximate surface area is 88.5 Å². The molecule has 1 unspecified atom stereocenters. The molecule has 0 aliphatic carbocycles. The molecule has 1 aliphatic rings. The fourth-order valence-electron chi connectivity index (χ4n) is 1.62. The van der Waals surface area contributed by atoms with Crippen molar-refractivity contribution in [2.45, 2.75) is 24.6 Å². The fraction of sp³-hybridized carbons (Fsp3) is 0.778. The van der Waals surface area contributed by atoms with E-state index in [4.69, 9.17) is 0 Å². The molecule has 0 radical (unpaired) electrons. The Morgan fingerprint density at radius 2 is 2.64 bits per heavy atom. The van der Waals surface area contributed by atoms with Gasteiger partial charge in [0.1, 0.15) is 12.2 Å². The molecule has 1 aromatic rings. The van der Waals surface area contributed by atoms with Gasteiger partial charge >= 0.3 is 0 Å². The molecule has 14 heavy (non-hydrogen) atoms. The van der Waals surface area contributed by atoms with Gasteiger partial charge in [-0.1, -0.05) is 0 Å². The molecule has 1 saturated heterocycles. The van der Waals surface area contributed by atoms with E-state index in [-0.39, 0.29) is 0 Å². The van der Waals surface area contributed by atoms with Crippen LogP contribution in [0.25, 0.3) is 0 Å². The largest absolute Gasteiger partial charge is 0.320 e. The molecule has 78 valence electrons. The van der Waals surface area contributed by atoms with E-state index in [0.29, 0.717) is 0 Å². The Kier molecular flexibility index (Phi) is 3.42. The standard InChI is InChI=1S/C9H16N4S/c1-13-7-11-12-9(13)6-10-5-8-3-2-4-14-8/h7-8,10H,2-6H2,1H3. The van der Waals surface area contributed by atoms with Gasteiger partial charge < -0.3 is 9.88 Å². The molecule has 1 fully saturated rings. The van der Waals surface area contributed by atoms with Gasteiger partial charge in [0, 0.05) is 18.8 Å². The molecule has 0 spiro atoms. The third-order valence-corrected chi connectivity index (χ3v) is 3.88. The minimum absolute atomic E-state index is 0.809. The smallest absolute Gasteiger partial charge is 0.146 e. The summed E-state index contributed by atoms with van der Waals surface area (Å²) in [7, 11) is 1.97. The van der Waals surface area contributed by atoms with Gasteiger partial charge in [0.05, 0.1) is 6.54 Å². The number of hydrogen-bond donors (Lipinski definition) is 1. The van der Waals surface area contributed by atoms with E-state index < -0.39 is 0 Å². The van der Waals surface area contributed by atoms with Crippen LogP contribution in [-0.2, 0) is 13.6 Å². The zero-order chi connectivity index (χ0) is 9.80. The van der Waals surface area contributed by atoms with Crippen molar-refractivity contribution < 1.29 is 0 Å². The zero-order valence-corrected chi connectivity index (χ0v) is 9.26. The SMILES string of the molecule is Cn1cnnc1CNCC1CCCS1. The van der Waals surface area contributed by atoms with Crippen molar-refractivity contribution in [3.05, 3.63) is 12.2 Å². The highest BCUT2D eigenvalue weighted by Gasteiger charge is 2.14. The number of hydrogen-bond acceptors (Lipinski definition) is 4. The normalized spacial score (nSPS) is 21.6. The van der Waals surface area contributed by atoms with Crippen molar-refractivity contribution in [2.75, 3.05) is 12.3 Å². The lowest BCUT2D eigenvalue weighted by Crippen LogP contribution is -2.24. The van der Waals surface area contributed by atoms with Gasteiger partial charge in [-0.25, -0.2) is 0 Å². The highest BCUT2D eigenvalue weighted by molar-refractivity contribution is 8.00. The summed E-state index contributed by atoms with van der Waals surface area (Å²) in [5.74, 6) is 2.34. The van der Waals surface area contributed by atoms with Crippen LogP contribution in [0.5, 0.6) is 0 Å². The summed E-state index contributed by atoms with van der Waals surface area (Å²) in [6, 6.07) is 0. The molecule has 2 heterocycles. The number of rotatable bonds is 4. The number of nitrogens with zero attached hydrogens (tertiary/aromatic N) is 3. The molecule has 0 aromatic carbocycles. The summed E-state index contributed by atoms with van der Waals surface area (Å²) >= 11 is 2.08. The minimum atomic E-state index is 0.809. The van der Waals surface area contributed by atoms with E-state index in [0.717, 1.165) is 24.2 Å². The Morgan fingerprint density at radius 1 is 1.71 bits per heavy atom. The molecular formula is C9H16N4S. The lowest BCUT2D eigenvalue weighted by atomic mass is 10.2. The number of aromatic nitrogens is 3. The predicted octanol–water partition coefficient (Wildman–Crippen LogP) is 0.800. The monoisotopic (exact) mass is 212 g/mol. The Balaban J connectivity index is 1.70. The maximum atomic E-state index is 4.02. The van der Waals surface area contributed by atoms with Crippen LogP contribution in [0.2, 0.25) is 0 Å². The van der Waals surface area contributed by atoms with Gasteiger partial charge in [-0.05, 0) is 18.6 Å². The van der Waals surface area contributed by atoms with Crippen LogP contribution < -0.4 is 5.32 Å². The number of thioether (sulfide) groups is 1. The van der Waals surface area contributed by atoms with E-state index in [1.54, 1.807) is 6.33 Å². The molecule has 1 aromatic heterocycles.